The minimum Gasteiger partial charge on any atom is -0.349 e. The predicted molar refractivity (Wildman–Crippen MR) is 84.1 cm³/mol. The van der Waals surface area contributed by atoms with Gasteiger partial charge in [0, 0.05) is 17.5 Å². The van der Waals surface area contributed by atoms with Crippen LogP contribution >= 0.6 is 11.6 Å². The summed E-state index contributed by atoms with van der Waals surface area (Å²) in [6.07, 6.45) is 7.48. The smallest absolute Gasteiger partial charge is 0.251 e. The van der Waals surface area contributed by atoms with Crippen LogP contribution in [0, 0.1) is 5.92 Å². The van der Waals surface area contributed by atoms with Gasteiger partial charge >= 0.3 is 0 Å². The van der Waals surface area contributed by atoms with Crippen LogP contribution in [0.15, 0.2) is 24.3 Å². The normalized spacial score (nSPS) is 17.7. The maximum absolute atomic E-state index is 12.3. The Morgan fingerprint density at radius 2 is 1.90 bits per heavy atom. The molecule has 1 atom stereocenters. The first-order valence-corrected chi connectivity index (χ1v) is 8.23. The highest BCUT2D eigenvalue weighted by molar-refractivity contribution is 6.17. The Labute approximate surface area is 126 Å². The lowest BCUT2D eigenvalue weighted by atomic mass is 9.83. The van der Waals surface area contributed by atoms with Crippen LogP contribution in [0.3, 0.4) is 0 Å². The summed E-state index contributed by atoms with van der Waals surface area (Å²) < 4.78 is 0. The van der Waals surface area contributed by atoms with Gasteiger partial charge in [0.1, 0.15) is 0 Å². The number of carbonyl (C=O) groups excluding carboxylic acids is 1. The van der Waals surface area contributed by atoms with Crippen LogP contribution in [0.5, 0.6) is 0 Å². The van der Waals surface area contributed by atoms with Crippen molar-refractivity contribution < 1.29 is 4.79 Å². The molecule has 3 heteroatoms. The molecule has 1 unspecified atom stereocenters. The van der Waals surface area contributed by atoms with Gasteiger partial charge in [0.05, 0.1) is 0 Å². The summed E-state index contributed by atoms with van der Waals surface area (Å²) in [5.74, 6) is 1.19. The third-order valence-corrected chi connectivity index (χ3v) is 4.65. The first-order chi connectivity index (χ1) is 9.74. The molecule has 1 N–H and O–H groups in total. The molecule has 0 spiro atoms. The number of hydrogen-bond donors (Lipinski definition) is 1. The van der Waals surface area contributed by atoms with E-state index in [4.69, 9.17) is 11.6 Å². The second-order valence-corrected chi connectivity index (χ2v) is 5.98. The lowest BCUT2D eigenvalue weighted by molar-refractivity contribution is 0.0911. The number of rotatable bonds is 5. The zero-order valence-corrected chi connectivity index (χ0v) is 13.0. The molecule has 0 saturated heterocycles. The van der Waals surface area contributed by atoms with E-state index >= 15 is 0 Å². The molecule has 0 bridgehead atoms. The summed E-state index contributed by atoms with van der Waals surface area (Å²) in [5.41, 5.74) is 1.77. The van der Waals surface area contributed by atoms with Crippen LogP contribution in [-0.4, -0.2) is 11.9 Å². The highest BCUT2D eigenvalue weighted by atomic mass is 35.5. The molecule has 0 aliphatic heterocycles. The van der Waals surface area contributed by atoms with E-state index in [1.807, 2.05) is 24.3 Å². The summed E-state index contributed by atoms with van der Waals surface area (Å²) in [6.45, 7) is 2.16. The number of carbonyl (C=O) groups is 1. The van der Waals surface area contributed by atoms with Crippen molar-refractivity contribution in [3.63, 3.8) is 0 Å². The van der Waals surface area contributed by atoms with Gasteiger partial charge in [-0.3, -0.25) is 4.79 Å². The van der Waals surface area contributed by atoms with Crippen molar-refractivity contribution in [2.24, 2.45) is 5.92 Å². The Bertz CT molecular complexity index is 423. The zero-order valence-electron chi connectivity index (χ0n) is 12.2. The van der Waals surface area contributed by atoms with Crippen molar-refractivity contribution in [2.45, 2.75) is 57.4 Å². The molecular weight excluding hydrogens is 270 g/mol. The molecule has 20 heavy (non-hydrogen) atoms. The van der Waals surface area contributed by atoms with Crippen LogP contribution in [0.25, 0.3) is 0 Å². The predicted octanol–water partition coefficient (Wildman–Crippen LogP) is 4.51. The van der Waals surface area contributed by atoms with Gasteiger partial charge in [-0.25, -0.2) is 0 Å². The van der Waals surface area contributed by atoms with Crippen molar-refractivity contribution in [1.82, 2.24) is 5.32 Å². The lowest BCUT2D eigenvalue weighted by Crippen LogP contribution is -2.40. The largest absolute Gasteiger partial charge is 0.349 e. The number of nitrogens with one attached hydrogen (secondary N) is 1. The van der Waals surface area contributed by atoms with E-state index in [0.29, 0.717) is 17.8 Å². The van der Waals surface area contributed by atoms with E-state index < -0.39 is 0 Å². The van der Waals surface area contributed by atoms with Gasteiger partial charge in [-0.05, 0) is 42.9 Å². The molecule has 2 nitrogen and oxygen atoms in total. The van der Waals surface area contributed by atoms with Crippen molar-refractivity contribution in [3.05, 3.63) is 35.4 Å². The van der Waals surface area contributed by atoms with Crippen molar-refractivity contribution in [2.75, 3.05) is 0 Å². The molecule has 1 aromatic carbocycles. The molecule has 1 saturated carbocycles. The second kappa shape index (κ2) is 7.68. The highest BCUT2D eigenvalue weighted by Gasteiger charge is 2.23. The second-order valence-electron chi connectivity index (χ2n) is 5.72. The standard InChI is InChI=1S/C17H24ClNO/c1-2-16(14-6-4-3-5-7-14)19-17(20)15-10-8-13(12-18)9-11-15/h8-11,14,16H,2-7,12H2,1H3,(H,19,20). The number of halogens is 1. The molecule has 0 heterocycles. The molecule has 2 rings (SSSR count). The fourth-order valence-electron chi connectivity index (χ4n) is 3.09. The number of benzene rings is 1. The van der Waals surface area contributed by atoms with Crippen LogP contribution in [0.4, 0.5) is 0 Å². The third kappa shape index (κ3) is 3.99. The average Bonchev–Trinajstić information content (AvgIpc) is 2.53. The molecule has 1 aliphatic carbocycles. The van der Waals surface area contributed by atoms with E-state index in [9.17, 15) is 4.79 Å². The van der Waals surface area contributed by atoms with Gasteiger partial charge in [-0.2, -0.15) is 0 Å². The van der Waals surface area contributed by atoms with E-state index in [1.54, 1.807) is 0 Å². The van der Waals surface area contributed by atoms with Crippen LogP contribution < -0.4 is 5.32 Å². The van der Waals surface area contributed by atoms with Gasteiger partial charge in [-0.15, -0.1) is 11.6 Å². The molecule has 0 aromatic heterocycles. The van der Waals surface area contributed by atoms with Crippen LogP contribution in [0.2, 0.25) is 0 Å². The Kier molecular flexibility index (Phi) is 5.90. The number of alkyl halides is 1. The SMILES string of the molecule is CCC(NC(=O)c1ccc(CCl)cc1)C1CCCCC1. The van der Waals surface area contributed by atoms with Gasteiger partial charge in [0.25, 0.3) is 5.91 Å². The molecule has 1 aliphatic rings. The van der Waals surface area contributed by atoms with Crippen LogP contribution in [0.1, 0.15) is 61.4 Å². The van der Waals surface area contributed by atoms with E-state index in [0.717, 1.165) is 17.5 Å². The van der Waals surface area contributed by atoms with Gasteiger partial charge in [-0.1, -0.05) is 38.3 Å². The monoisotopic (exact) mass is 293 g/mol. The van der Waals surface area contributed by atoms with Crippen LogP contribution in [-0.2, 0) is 5.88 Å². The van der Waals surface area contributed by atoms with Crippen molar-refractivity contribution in [1.29, 1.82) is 0 Å². The fraction of sp³-hybridized carbons (Fsp3) is 0.588. The summed E-state index contributed by atoms with van der Waals surface area (Å²) in [5, 5.41) is 3.22. The van der Waals surface area contributed by atoms with Crippen molar-refractivity contribution >= 4 is 17.5 Å². The summed E-state index contributed by atoms with van der Waals surface area (Å²) in [6, 6.07) is 7.88. The zero-order chi connectivity index (χ0) is 14.4. The quantitative estimate of drug-likeness (QED) is 0.795. The summed E-state index contributed by atoms with van der Waals surface area (Å²) >= 11 is 5.77. The first-order valence-electron chi connectivity index (χ1n) is 7.70. The Morgan fingerprint density at radius 1 is 1.25 bits per heavy atom. The molecular formula is C17H24ClNO. The summed E-state index contributed by atoms with van der Waals surface area (Å²) in [4.78, 5) is 12.3. The summed E-state index contributed by atoms with van der Waals surface area (Å²) in [7, 11) is 0. The molecule has 110 valence electrons. The Hall–Kier alpha value is -1.02. The van der Waals surface area contributed by atoms with E-state index in [2.05, 4.69) is 12.2 Å². The topological polar surface area (TPSA) is 29.1 Å². The minimum absolute atomic E-state index is 0.0449. The molecule has 1 amide bonds. The van der Waals surface area contributed by atoms with Crippen molar-refractivity contribution in [3.8, 4) is 0 Å². The maximum Gasteiger partial charge on any atom is 0.251 e. The van der Waals surface area contributed by atoms with Gasteiger partial charge < -0.3 is 5.32 Å². The number of amides is 1. The van der Waals surface area contributed by atoms with Gasteiger partial charge in [0.15, 0.2) is 0 Å². The molecule has 0 radical (unpaired) electrons. The minimum atomic E-state index is 0.0449. The maximum atomic E-state index is 12.3. The van der Waals surface area contributed by atoms with Gasteiger partial charge in [0.2, 0.25) is 0 Å². The Morgan fingerprint density at radius 3 is 2.45 bits per heavy atom. The van der Waals surface area contributed by atoms with E-state index in [1.165, 1.54) is 32.1 Å². The molecule has 1 fully saturated rings. The average molecular weight is 294 g/mol. The van der Waals surface area contributed by atoms with E-state index in [-0.39, 0.29) is 5.91 Å². The fourth-order valence-corrected chi connectivity index (χ4v) is 3.26. The lowest BCUT2D eigenvalue weighted by Gasteiger charge is -2.30. The number of hydrogen-bond acceptors (Lipinski definition) is 1. The Balaban J connectivity index is 1.96. The first kappa shape index (κ1) is 15.4. The highest BCUT2D eigenvalue weighted by Crippen LogP contribution is 2.27. The molecule has 1 aromatic rings. The third-order valence-electron chi connectivity index (χ3n) is 4.35.